The van der Waals surface area contributed by atoms with Crippen LogP contribution < -0.4 is 4.74 Å². The van der Waals surface area contributed by atoms with E-state index in [-0.39, 0.29) is 0 Å². The van der Waals surface area contributed by atoms with Crippen molar-refractivity contribution in [3.63, 3.8) is 0 Å². The number of benzene rings is 1. The largest absolute Gasteiger partial charge is 0.494 e. The summed E-state index contributed by atoms with van der Waals surface area (Å²) in [4.78, 5) is 5.30. The third kappa shape index (κ3) is 3.87. The van der Waals surface area contributed by atoms with Gasteiger partial charge in [0, 0.05) is 25.0 Å². The van der Waals surface area contributed by atoms with E-state index in [1.54, 1.807) is 0 Å². The number of ether oxygens (including phenoxy) is 1. The van der Waals surface area contributed by atoms with Crippen LogP contribution in [0.5, 0.6) is 5.75 Å². The number of fused-ring (bicyclic) bond motifs is 3. The molecule has 0 radical (unpaired) electrons. The van der Waals surface area contributed by atoms with Crippen molar-refractivity contribution in [2.45, 2.75) is 50.5 Å². The van der Waals surface area contributed by atoms with Crippen molar-refractivity contribution < 1.29 is 4.74 Å². The molecule has 5 rings (SSSR count). The third-order valence-corrected chi connectivity index (χ3v) is 7.56. The van der Waals surface area contributed by atoms with Crippen molar-refractivity contribution in [1.29, 1.82) is 0 Å². The fourth-order valence-corrected chi connectivity index (χ4v) is 6.11. The molecule has 1 aromatic heterocycles. The van der Waals surface area contributed by atoms with Crippen molar-refractivity contribution >= 4 is 11.3 Å². The molecule has 2 atom stereocenters. The second kappa shape index (κ2) is 8.56. The molecular weight excluding hydrogens is 364 g/mol. The van der Waals surface area contributed by atoms with Crippen LogP contribution >= 0.6 is 11.3 Å². The summed E-state index contributed by atoms with van der Waals surface area (Å²) in [6.45, 7) is 6.98. The summed E-state index contributed by atoms with van der Waals surface area (Å²) in [6, 6.07) is 9.83. The van der Waals surface area contributed by atoms with Crippen molar-refractivity contribution in [3.05, 3.63) is 51.7 Å². The molecule has 1 aromatic carbocycles. The molecular formula is C24H32N2OS. The molecule has 0 N–H and O–H groups in total. The average molecular weight is 397 g/mol. The van der Waals surface area contributed by atoms with Crippen LogP contribution in [0.25, 0.3) is 0 Å². The molecule has 3 aliphatic rings. The van der Waals surface area contributed by atoms with Crippen LogP contribution in [0.3, 0.4) is 0 Å². The quantitative estimate of drug-likeness (QED) is 0.618. The van der Waals surface area contributed by atoms with E-state index in [2.05, 4.69) is 44.8 Å². The van der Waals surface area contributed by atoms with Crippen molar-refractivity contribution in [3.8, 4) is 5.75 Å². The van der Waals surface area contributed by atoms with Crippen LogP contribution in [0, 0.1) is 0 Å². The predicted molar refractivity (Wildman–Crippen MR) is 117 cm³/mol. The summed E-state index contributed by atoms with van der Waals surface area (Å²) < 4.78 is 6.19. The molecule has 2 saturated heterocycles. The first-order chi connectivity index (χ1) is 13.9. The zero-order valence-corrected chi connectivity index (χ0v) is 17.6. The molecule has 0 aliphatic carbocycles. The number of piperidine rings is 1. The predicted octanol–water partition coefficient (Wildman–Crippen LogP) is 5.29. The lowest BCUT2D eigenvalue weighted by molar-refractivity contribution is 0.204. The van der Waals surface area contributed by atoms with E-state index in [0.29, 0.717) is 12.0 Å². The van der Waals surface area contributed by atoms with Gasteiger partial charge in [0.1, 0.15) is 5.75 Å². The first kappa shape index (κ1) is 18.7. The lowest BCUT2D eigenvalue weighted by atomic mass is 9.82. The maximum atomic E-state index is 6.19. The van der Waals surface area contributed by atoms with E-state index in [1.807, 2.05) is 11.3 Å². The molecule has 4 heterocycles. The zero-order chi connectivity index (χ0) is 18.8. The third-order valence-electron chi connectivity index (χ3n) is 6.86. The number of rotatable bonds is 6. The number of hydrogen-bond donors (Lipinski definition) is 0. The maximum absolute atomic E-state index is 6.19. The van der Waals surface area contributed by atoms with Gasteiger partial charge in [0.25, 0.3) is 0 Å². The second-order valence-corrected chi connectivity index (χ2v) is 9.44. The molecule has 2 aromatic rings. The fraction of sp³-hybridized carbons (Fsp3) is 0.583. The summed E-state index contributed by atoms with van der Waals surface area (Å²) in [5.41, 5.74) is 4.53. The van der Waals surface area contributed by atoms with E-state index in [0.717, 1.165) is 18.8 Å². The molecule has 0 spiro atoms. The van der Waals surface area contributed by atoms with Crippen molar-refractivity contribution in [2.75, 3.05) is 39.3 Å². The Labute approximate surface area is 173 Å². The molecule has 3 aliphatic heterocycles. The molecule has 3 nitrogen and oxygen atoms in total. The van der Waals surface area contributed by atoms with Crippen LogP contribution in [0.4, 0.5) is 0 Å². The zero-order valence-electron chi connectivity index (χ0n) is 16.8. The Hall–Kier alpha value is -1.36. The number of likely N-dealkylation sites (tertiary alicyclic amines) is 1. The number of thiophene rings is 1. The minimum Gasteiger partial charge on any atom is -0.494 e. The SMILES string of the molecule is c1cc([C@H]2CN3CCC[C@H]3c3cc(OCCCN4CCCCC4)ccc32)cs1. The van der Waals surface area contributed by atoms with Gasteiger partial charge in [-0.15, -0.1) is 0 Å². The van der Waals surface area contributed by atoms with E-state index in [1.165, 1.54) is 81.5 Å². The summed E-state index contributed by atoms with van der Waals surface area (Å²) in [6.07, 6.45) is 7.89. The Bertz CT molecular complexity index is 769. The summed E-state index contributed by atoms with van der Waals surface area (Å²) >= 11 is 1.81. The highest BCUT2D eigenvalue weighted by Gasteiger charge is 2.36. The minimum absolute atomic E-state index is 0.517. The van der Waals surface area contributed by atoms with Crippen LogP contribution in [0.15, 0.2) is 35.0 Å². The Morgan fingerprint density at radius 3 is 2.79 bits per heavy atom. The van der Waals surface area contributed by atoms with Gasteiger partial charge in [-0.1, -0.05) is 12.5 Å². The normalized spacial score (nSPS) is 25.4. The van der Waals surface area contributed by atoms with Gasteiger partial charge in [-0.25, -0.2) is 0 Å². The molecule has 0 unspecified atom stereocenters. The van der Waals surface area contributed by atoms with Gasteiger partial charge < -0.3 is 9.64 Å². The van der Waals surface area contributed by atoms with Crippen LogP contribution in [-0.4, -0.2) is 49.1 Å². The lowest BCUT2D eigenvalue weighted by Crippen LogP contribution is -2.34. The maximum Gasteiger partial charge on any atom is 0.119 e. The highest BCUT2D eigenvalue weighted by Crippen LogP contribution is 2.45. The average Bonchev–Trinajstić information content (AvgIpc) is 3.43. The van der Waals surface area contributed by atoms with Gasteiger partial charge in [-0.3, -0.25) is 4.90 Å². The van der Waals surface area contributed by atoms with E-state index in [4.69, 9.17) is 4.74 Å². The Balaban J connectivity index is 1.27. The second-order valence-electron chi connectivity index (χ2n) is 8.66. The van der Waals surface area contributed by atoms with Gasteiger partial charge in [0.15, 0.2) is 0 Å². The van der Waals surface area contributed by atoms with Gasteiger partial charge in [0.2, 0.25) is 0 Å². The van der Waals surface area contributed by atoms with E-state index in [9.17, 15) is 0 Å². The highest BCUT2D eigenvalue weighted by atomic mass is 32.1. The summed E-state index contributed by atoms with van der Waals surface area (Å²) in [5, 5.41) is 4.54. The molecule has 2 fully saturated rings. The monoisotopic (exact) mass is 396 g/mol. The molecule has 28 heavy (non-hydrogen) atoms. The first-order valence-electron chi connectivity index (χ1n) is 11.1. The van der Waals surface area contributed by atoms with Crippen LogP contribution in [0.2, 0.25) is 0 Å². The number of hydrogen-bond acceptors (Lipinski definition) is 4. The number of nitrogens with zero attached hydrogens (tertiary/aromatic N) is 2. The Morgan fingerprint density at radius 2 is 1.93 bits per heavy atom. The molecule has 0 bridgehead atoms. The van der Waals surface area contributed by atoms with Gasteiger partial charge in [0.05, 0.1) is 6.61 Å². The van der Waals surface area contributed by atoms with E-state index < -0.39 is 0 Å². The smallest absolute Gasteiger partial charge is 0.119 e. The summed E-state index contributed by atoms with van der Waals surface area (Å²) in [7, 11) is 0. The van der Waals surface area contributed by atoms with Crippen molar-refractivity contribution in [1.82, 2.24) is 9.80 Å². The van der Waals surface area contributed by atoms with Crippen LogP contribution in [-0.2, 0) is 0 Å². The molecule has 0 saturated carbocycles. The molecule has 150 valence electrons. The first-order valence-corrected chi connectivity index (χ1v) is 12.1. The lowest BCUT2D eigenvalue weighted by Gasteiger charge is -2.37. The Kier molecular flexibility index (Phi) is 5.70. The standard InChI is InChI=1S/C24H32N2OS/c1-2-10-25(11-3-1)12-5-14-27-20-7-8-21-22(16-20)24-6-4-13-26(24)17-23(21)19-9-15-28-18-19/h7-9,15-16,18,23-24H,1-6,10-14,17H2/t23-,24+/m1/s1. The van der Waals surface area contributed by atoms with Crippen molar-refractivity contribution in [2.24, 2.45) is 0 Å². The summed E-state index contributed by atoms with van der Waals surface area (Å²) in [5.74, 6) is 1.58. The van der Waals surface area contributed by atoms with E-state index >= 15 is 0 Å². The minimum atomic E-state index is 0.517. The molecule has 4 heteroatoms. The topological polar surface area (TPSA) is 15.7 Å². The fourth-order valence-electron chi connectivity index (χ4n) is 5.40. The highest BCUT2D eigenvalue weighted by molar-refractivity contribution is 7.08. The van der Waals surface area contributed by atoms with Gasteiger partial charge in [-0.2, -0.15) is 11.3 Å². The Morgan fingerprint density at radius 1 is 1.00 bits per heavy atom. The van der Waals surface area contributed by atoms with Crippen LogP contribution in [0.1, 0.15) is 67.2 Å². The van der Waals surface area contributed by atoms with Gasteiger partial charge >= 0.3 is 0 Å². The molecule has 0 amide bonds. The van der Waals surface area contributed by atoms with Gasteiger partial charge in [-0.05, 0) is 97.4 Å².